The van der Waals surface area contributed by atoms with E-state index in [0.717, 1.165) is 24.0 Å². The van der Waals surface area contributed by atoms with Gasteiger partial charge in [-0.2, -0.15) is 0 Å². The molecule has 1 aliphatic carbocycles. The van der Waals surface area contributed by atoms with E-state index >= 15 is 0 Å². The molecular weight excluding hydrogens is 352 g/mol. The van der Waals surface area contributed by atoms with Crippen LogP contribution in [0.4, 0.5) is 0 Å². The summed E-state index contributed by atoms with van der Waals surface area (Å²) >= 11 is 0. The molecule has 0 radical (unpaired) electrons. The average molecular weight is 383 g/mol. The van der Waals surface area contributed by atoms with Crippen molar-refractivity contribution >= 4 is 5.78 Å². The number of rotatable bonds is 4. The van der Waals surface area contributed by atoms with E-state index in [4.69, 9.17) is 0 Å². The van der Waals surface area contributed by atoms with E-state index in [1.54, 1.807) is 0 Å². The lowest BCUT2D eigenvalue weighted by Crippen LogP contribution is -2.59. The summed E-state index contributed by atoms with van der Waals surface area (Å²) in [4.78, 5) is 14.5. The van der Waals surface area contributed by atoms with Gasteiger partial charge in [0, 0.05) is 11.3 Å². The molecule has 0 spiro atoms. The molecule has 2 unspecified atom stereocenters. The number of carbonyl (C=O) groups excluding carboxylic acids is 1. The van der Waals surface area contributed by atoms with Gasteiger partial charge in [0.25, 0.3) is 0 Å². The van der Waals surface area contributed by atoms with Crippen LogP contribution in [0, 0.1) is 11.8 Å². The Hall–Kier alpha value is -2.67. The fraction of sp³-hybridized carbons (Fsp3) is 0.321. The first-order chi connectivity index (χ1) is 14.0. The predicted molar refractivity (Wildman–Crippen MR) is 120 cm³/mol. The zero-order chi connectivity index (χ0) is 20.5. The summed E-state index contributed by atoms with van der Waals surface area (Å²) in [6.45, 7) is 6.68. The van der Waals surface area contributed by atoms with E-state index in [0.29, 0.717) is 11.7 Å². The Morgan fingerprint density at radius 3 is 1.55 bits per heavy atom. The van der Waals surface area contributed by atoms with Crippen LogP contribution in [0.25, 0.3) is 0 Å². The molecule has 1 fully saturated rings. The van der Waals surface area contributed by atoms with Crippen LogP contribution >= 0.6 is 0 Å². The second-order valence-corrected chi connectivity index (χ2v) is 8.93. The molecule has 0 amide bonds. The van der Waals surface area contributed by atoms with Crippen LogP contribution in [0.2, 0.25) is 0 Å². The number of hydrogen-bond donors (Lipinski definition) is 0. The highest BCUT2D eigenvalue weighted by Gasteiger charge is 2.60. The van der Waals surface area contributed by atoms with E-state index in [9.17, 15) is 4.79 Å². The van der Waals surface area contributed by atoms with Crippen molar-refractivity contribution in [3.05, 3.63) is 108 Å². The monoisotopic (exact) mass is 382 g/mol. The average Bonchev–Trinajstić information content (AvgIpc) is 2.76. The Labute approximate surface area is 174 Å². The van der Waals surface area contributed by atoms with Crippen molar-refractivity contribution in [3.8, 4) is 0 Å². The number of benzene rings is 3. The SMILES string of the molecule is CC(C)C1CCC(C)(c2ccccc2)C(c2ccccc2)(c2ccccc2)C1=O. The van der Waals surface area contributed by atoms with Gasteiger partial charge in [-0.25, -0.2) is 0 Å². The second-order valence-electron chi connectivity index (χ2n) is 8.93. The third kappa shape index (κ3) is 2.95. The lowest BCUT2D eigenvalue weighted by atomic mass is 9.46. The molecule has 0 heterocycles. The molecule has 1 saturated carbocycles. The van der Waals surface area contributed by atoms with E-state index in [2.05, 4.69) is 99.6 Å². The van der Waals surface area contributed by atoms with Crippen LogP contribution in [-0.4, -0.2) is 5.78 Å². The number of Topliss-reactive ketones (excluding diaryl/α,β-unsaturated/α-hetero) is 1. The Kier molecular flexibility index (Phi) is 5.17. The molecule has 1 aliphatic rings. The third-order valence-electron chi connectivity index (χ3n) is 7.12. The molecule has 29 heavy (non-hydrogen) atoms. The van der Waals surface area contributed by atoms with Crippen LogP contribution in [-0.2, 0) is 15.6 Å². The zero-order valence-electron chi connectivity index (χ0n) is 17.6. The maximum atomic E-state index is 14.5. The summed E-state index contributed by atoms with van der Waals surface area (Å²) in [5.74, 6) is 0.754. The van der Waals surface area contributed by atoms with Gasteiger partial charge in [0.1, 0.15) is 0 Å². The molecule has 1 nitrogen and oxygen atoms in total. The van der Waals surface area contributed by atoms with E-state index in [-0.39, 0.29) is 11.3 Å². The molecular formula is C28H30O. The highest BCUT2D eigenvalue weighted by molar-refractivity contribution is 5.98. The number of carbonyl (C=O) groups is 1. The van der Waals surface area contributed by atoms with Crippen LogP contribution in [0.1, 0.15) is 50.3 Å². The largest absolute Gasteiger partial charge is 0.298 e. The minimum absolute atomic E-state index is 0.0622. The topological polar surface area (TPSA) is 17.1 Å². The van der Waals surface area contributed by atoms with Gasteiger partial charge in [-0.05, 0) is 35.4 Å². The minimum Gasteiger partial charge on any atom is -0.298 e. The molecule has 2 atom stereocenters. The molecule has 0 N–H and O–H groups in total. The first kappa shape index (κ1) is 19.6. The molecule has 0 saturated heterocycles. The van der Waals surface area contributed by atoms with Gasteiger partial charge < -0.3 is 0 Å². The van der Waals surface area contributed by atoms with Gasteiger partial charge in [0.05, 0.1) is 5.41 Å². The van der Waals surface area contributed by atoms with Crippen LogP contribution in [0.5, 0.6) is 0 Å². The van der Waals surface area contributed by atoms with Gasteiger partial charge in [0.15, 0.2) is 5.78 Å². The lowest BCUT2D eigenvalue weighted by molar-refractivity contribution is -0.134. The summed E-state index contributed by atoms with van der Waals surface area (Å²) < 4.78 is 0. The van der Waals surface area contributed by atoms with Crippen molar-refractivity contribution in [1.82, 2.24) is 0 Å². The Morgan fingerprint density at radius 2 is 1.14 bits per heavy atom. The van der Waals surface area contributed by atoms with Crippen LogP contribution < -0.4 is 0 Å². The number of ketones is 1. The Balaban J connectivity index is 2.09. The Bertz CT molecular complexity index is 919. The molecule has 0 aliphatic heterocycles. The molecule has 3 aromatic carbocycles. The fourth-order valence-electron chi connectivity index (χ4n) is 5.58. The lowest BCUT2D eigenvalue weighted by Gasteiger charge is -2.54. The van der Waals surface area contributed by atoms with Crippen molar-refractivity contribution < 1.29 is 4.79 Å². The van der Waals surface area contributed by atoms with E-state index < -0.39 is 5.41 Å². The van der Waals surface area contributed by atoms with Crippen molar-refractivity contribution in [2.45, 2.75) is 44.4 Å². The second kappa shape index (κ2) is 7.63. The smallest absolute Gasteiger partial charge is 0.152 e. The summed E-state index contributed by atoms with van der Waals surface area (Å²) in [6.07, 6.45) is 1.92. The van der Waals surface area contributed by atoms with Crippen molar-refractivity contribution in [1.29, 1.82) is 0 Å². The summed E-state index contributed by atoms with van der Waals surface area (Å²) in [7, 11) is 0. The first-order valence-corrected chi connectivity index (χ1v) is 10.7. The summed E-state index contributed by atoms with van der Waals surface area (Å²) in [6, 6.07) is 31.6. The third-order valence-corrected chi connectivity index (χ3v) is 7.12. The first-order valence-electron chi connectivity index (χ1n) is 10.7. The van der Waals surface area contributed by atoms with Gasteiger partial charge in [0.2, 0.25) is 0 Å². The van der Waals surface area contributed by atoms with Crippen molar-refractivity contribution in [2.24, 2.45) is 11.8 Å². The van der Waals surface area contributed by atoms with Gasteiger partial charge in [-0.3, -0.25) is 4.79 Å². The van der Waals surface area contributed by atoms with Crippen molar-refractivity contribution in [3.63, 3.8) is 0 Å². The van der Waals surface area contributed by atoms with Crippen LogP contribution in [0.3, 0.4) is 0 Å². The normalized spacial score (nSPS) is 23.9. The standard InChI is InChI=1S/C28H30O/c1-21(2)25-19-20-27(3,22-13-7-4-8-14-22)28(26(25)29,23-15-9-5-10-16-23)24-17-11-6-12-18-24/h4-18,21,25H,19-20H2,1-3H3. The van der Waals surface area contributed by atoms with Gasteiger partial charge >= 0.3 is 0 Å². The molecule has 0 bridgehead atoms. The fourth-order valence-corrected chi connectivity index (χ4v) is 5.58. The van der Waals surface area contributed by atoms with Crippen molar-refractivity contribution in [2.75, 3.05) is 0 Å². The van der Waals surface area contributed by atoms with Crippen LogP contribution in [0.15, 0.2) is 91.0 Å². The molecule has 0 aromatic heterocycles. The highest BCUT2D eigenvalue weighted by atomic mass is 16.1. The maximum absolute atomic E-state index is 14.5. The molecule has 3 aromatic rings. The molecule has 1 heteroatoms. The zero-order valence-corrected chi connectivity index (χ0v) is 17.6. The summed E-state index contributed by atoms with van der Waals surface area (Å²) in [5, 5.41) is 0. The maximum Gasteiger partial charge on any atom is 0.152 e. The highest BCUT2D eigenvalue weighted by Crippen LogP contribution is 2.57. The predicted octanol–water partition coefficient (Wildman–Crippen LogP) is 6.57. The number of hydrogen-bond acceptors (Lipinski definition) is 1. The minimum atomic E-state index is -0.704. The van der Waals surface area contributed by atoms with Gasteiger partial charge in [-0.1, -0.05) is 112 Å². The Morgan fingerprint density at radius 1 is 0.724 bits per heavy atom. The quantitative estimate of drug-likeness (QED) is 0.499. The summed E-state index contributed by atoms with van der Waals surface area (Å²) in [5.41, 5.74) is 2.42. The van der Waals surface area contributed by atoms with E-state index in [1.165, 1.54) is 5.56 Å². The molecule has 148 valence electrons. The van der Waals surface area contributed by atoms with Gasteiger partial charge in [-0.15, -0.1) is 0 Å². The molecule has 4 rings (SSSR count). The van der Waals surface area contributed by atoms with E-state index in [1.807, 2.05) is 12.1 Å².